The average Bonchev–Trinajstić information content (AvgIpc) is 3.29. The van der Waals surface area contributed by atoms with Gasteiger partial charge in [-0.05, 0) is 36.3 Å². The smallest absolute Gasteiger partial charge is 0.131 e. The first kappa shape index (κ1) is 13.5. The van der Waals surface area contributed by atoms with Gasteiger partial charge in [-0.15, -0.1) is 0 Å². The summed E-state index contributed by atoms with van der Waals surface area (Å²) in [5.74, 6) is -0.154. The second kappa shape index (κ2) is 6.33. The summed E-state index contributed by atoms with van der Waals surface area (Å²) in [6, 6.07) is 11.8. The van der Waals surface area contributed by atoms with Gasteiger partial charge >= 0.3 is 0 Å². The zero-order chi connectivity index (χ0) is 13.8. The molecule has 0 bridgehead atoms. The van der Waals surface area contributed by atoms with Gasteiger partial charge in [0.25, 0.3) is 0 Å². The molecule has 1 aliphatic carbocycles. The highest BCUT2D eigenvalue weighted by molar-refractivity contribution is 5.86. The minimum Gasteiger partial charge on any atom is -0.380 e. The van der Waals surface area contributed by atoms with Crippen molar-refractivity contribution in [2.24, 2.45) is 0 Å². The molecule has 0 unspecified atom stereocenters. The van der Waals surface area contributed by atoms with Crippen molar-refractivity contribution >= 4 is 10.8 Å². The van der Waals surface area contributed by atoms with Crippen LogP contribution in [0.1, 0.15) is 18.4 Å². The van der Waals surface area contributed by atoms with Gasteiger partial charge in [-0.3, -0.25) is 0 Å². The van der Waals surface area contributed by atoms with E-state index >= 15 is 0 Å². The Bertz CT molecular complexity index is 580. The number of nitrogens with one attached hydrogen (secondary N) is 1. The third-order valence-corrected chi connectivity index (χ3v) is 3.73. The van der Waals surface area contributed by atoms with Gasteiger partial charge < -0.3 is 10.1 Å². The van der Waals surface area contributed by atoms with E-state index in [1.54, 1.807) is 6.07 Å². The third kappa shape index (κ3) is 3.35. The summed E-state index contributed by atoms with van der Waals surface area (Å²) in [6.45, 7) is 2.35. The van der Waals surface area contributed by atoms with Crippen molar-refractivity contribution in [3.05, 3.63) is 47.8 Å². The first-order chi connectivity index (χ1) is 9.84. The molecule has 3 rings (SSSR count). The first-order valence-corrected chi connectivity index (χ1v) is 7.32. The van der Waals surface area contributed by atoms with Gasteiger partial charge in [0.05, 0.1) is 13.2 Å². The van der Waals surface area contributed by atoms with Crippen molar-refractivity contribution in [1.82, 2.24) is 5.32 Å². The standard InChI is InChI=1S/C17H20FNO/c18-17-8-5-13(15-3-1-2-4-16(15)17)9-11-20-12-10-19-14-6-7-14/h1-5,8,14,19H,6-7,9-12H2. The molecule has 3 heteroatoms. The van der Waals surface area contributed by atoms with Gasteiger partial charge in [0, 0.05) is 18.0 Å². The topological polar surface area (TPSA) is 21.3 Å². The zero-order valence-electron chi connectivity index (χ0n) is 11.6. The van der Waals surface area contributed by atoms with Crippen molar-refractivity contribution in [2.75, 3.05) is 19.8 Å². The van der Waals surface area contributed by atoms with E-state index < -0.39 is 0 Å². The minimum atomic E-state index is -0.154. The van der Waals surface area contributed by atoms with Crippen LogP contribution in [0.2, 0.25) is 0 Å². The summed E-state index contributed by atoms with van der Waals surface area (Å²) in [5, 5.41) is 5.11. The molecule has 0 spiro atoms. The second-order valence-electron chi connectivity index (χ2n) is 5.34. The highest BCUT2D eigenvalue weighted by Gasteiger charge is 2.19. The fourth-order valence-electron chi connectivity index (χ4n) is 2.45. The predicted molar refractivity (Wildman–Crippen MR) is 79.5 cm³/mol. The van der Waals surface area contributed by atoms with Gasteiger partial charge in [-0.2, -0.15) is 0 Å². The van der Waals surface area contributed by atoms with Gasteiger partial charge in [-0.25, -0.2) is 4.39 Å². The van der Waals surface area contributed by atoms with Crippen molar-refractivity contribution in [1.29, 1.82) is 0 Å². The fourth-order valence-corrected chi connectivity index (χ4v) is 2.45. The number of fused-ring (bicyclic) bond motifs is 1. The summed E-state index contributed by atoms with van der Waals surface area (Å²) < 4.78 is 19.3. The normalized spacial score (nSPS) is 14.8. The predicted octanol–water partition coefficient (Wildman–Crippen LogP) is 3.29. The van der Waals surface area contributed by atoms with E-state index in [-0.39, 0.29) is 5.82 Å². The average molecular weight is 273 g/mol. The summed E-state index contributed by atoms with van der Waals surface area (Å²) in [6.07, 6.45) is 3.44. The lowest BCUT2D eigenvalue weighted by Crippen LogP contribution is -2.22. The summed E-state index contributed by atoms with van der Waals surface area (Å²) in [5.41, 5.74) is 1.15. The summed E-state index contributed by atoms with van der Waals surface area (Å²) in [7, 11) is 0. The summed E-state index contributed by atoms with van der Waals surface area (Å²) >= 11 is 0. The van der Waals surface area contributed by atoms with Crippen LogP contribution < -0.4 is 5.32 Å². The molecule has 1 aliphatic rings. The molecule has 1 fully saturated rings. The van der Waals surface area contributed by atoms with Gasteiger partial charge in [0.15, 0.2) is 0 Å². The molecule has 0 radical (unpaired) electrons. The van der Waals surface area contributed by atoms with Crippen molar-refractivity contribution in [3.63, 3.8) is 0 Å². The Morgan fingerprint density at radius 1 is 1.05 bits per heavy atom. The van der Waals surface area contributed by atoms with Gasteiger partial charge in [-0.1, -0.05) is 30.3 Å². The molecule has 0 aliphatic heterocycles. The van der Waals surface area contributed by atoms with Crippen LogP contribution in [0.25, 0.3) is 10.8 Å². The van der Waals surface area contributed by atoms with E-state index in [0.29, 0.717) is 12.0 Å². The van der Waals surface area contributed by atoms with Crippen LogP contribution in [0.5, 0.6) is 0 Å². The number of hydrogen-bond acceptors (Lipinski definition) is 2. The van der Waals surface area contributed by atoms with Crippen LogP contribution in [-0.4, -0.2) is 25.8 Å². The van der Waals surface area contributed by atoms with Crippen LogP contribution in [0, 0.1) is 5.82 Å². The molecule has 20 heavy (non-hydrogen) atoms. The largest absolute Gasteiger partial charge is 0.380 e. The number of benzene rings is 2. The van der Waals surface area contributed by atoms with E-state index in [1.807, 2.05) is 30.3 Å². The first-order valence-electron chi connectivity index (χ1n) is 7.32. The maximum atomic E-state index is 13.7. The van der Waals surface area contributed by atoms with E-state index in [0.717, 1.165) is 36.6 Å². The lowest BCUT2D eigenvalue weighted by Gasteiger charge is -2.08. The highest BCUT2D eigenvalue weighted by atomic mass is 19.1. The fraction of sp³-hybridized carbons (Fsp3) is 0.412. The Labute approximate surface area is 118 Å². The number of halogens is 1. The van der Waals surface area contributed by atoms with Gasteiger partial charge in [0.2, 0.25) is 0 Å². The maximum Gasteiger partial charge on any atom is 0.131 e. The Hall–Kier alpha value is -1.45. The third-order valence-electron chi connectivity index (χ3n) is 3.73. The Morgan fingerprint density at radius 3 is 2.65 bits per heavy atom. The SMILES string of the molecule is Fc1ccc(CCOCCNC2CC2)c2ccccc12. The molecular weight excluding hydrogens is 253 g/mol. The highest BCUT2D eigenvalue weighted by Crippen LogP contribution is 2.22. The zero-order valence-corrected chi connectivity index (χ0v) is 11.6. The lowest BCUT2D eigenvalue weighted by molar-refractivity contribution is 0.139. The lowest BCUT2D eigenvalue weighted by atomic mass is 10.0. The van der Waals surface area contributed by atoms with Crippen molar-refractivity contribution in [2.45, 2.75) is 25.3 Å². The maximum absolute atomic E-state index is 13.7. The Morgan fingerprint density at radius 2 is 1.85 bits per heavy atom. The monoisotopic (exact) mass is 273 g/mol. The quantitative estimate of drug-likeness (QED) is 0.782. The van der Waals surface area contributed by atoms with E-state index in [1.165, 1.54) is 12.8 Å². The van der Waals surface area contributed by atoms with Crippen LogP contribution in [0.4, 0.5) is 4.39 Å². The van der Waals surface area contributed by atoms with E-state index in [2.05, 4.69) is 5.32 Å². The van der Waals surface area contributed by atoms with Gasteiger partial charge in [0.1, 0.15) is 5.82 Å². The molecule has 0 aromatic heterocycles. The molecule has 0 saturated heterocycles. The molecule has 0 amide bonds. The molecule has 106 valence electrons. The minimum absolute atomic E-state index is 0.154. The molecule has 1 N–H and O–H groups in total. The molecule has 2 nitrogen and oxygen atoms in total. The van der Waals surface area contributed by atoms with Crippen LogP contribution >= 0.6 is 0 Å². The molecule has 2 aromatic rings. The van der Waals surface area contributed by atoms with Crippen molar-refractivity contribution < 1.29 is 9.13 Å². The molecule has 0 heterocycles. The Kier molecular flexibility index (Phi) is 4.28. The second-order valence-corrected chi connectivity index (χ2v) is 5.34. The van der Waals surface area contributed by atoms with Crippen molar-refractivity contribution in [3.8, 4) is 0 Å². The van der Waals surface area contributed by atoms with Crippen LogP contribution in [0.3, 0.4) is 0 Å². The molecule has 2 aromatic carbocycles. The van der Waals surface area contributed by atoms with Crippen LogP contribution in [-0.2, 0) is 11.2 Å². The number of ether oxygens (including phenoxy) is 1. The number of rotatable bonds is 7. The summed E-state index contributed by atoms with van der Waals surface area (Å²) in [4.78, 5) is 0. The molecule has 0 atom stereocenters. The van der Waals surface area contributed by atoms with Crippen LogP contribution in [0.15, 0.2) is 36.4 Å². The Balaban J connectivity index is 1.53. The molecule has 1 saturated carbocycles. The number of hydrogen-bond donors (Lipinski definition) is 1. The van der Waals surface area contributed by atoms with E-state index in [9.17, 15) is 4.39 Å². The van der Waals surface area contributed by atoms with E-state index in [4.69, 9.17) is 4.74 Å². The molecular formula is C17H20FNO.